The van der Waals surface area contributed by atoms with Crippen molar-refractivity contribution in [2.45, 2.75) is 18.2 Å². The van der Waals surface area contributed by atoms with Crippen molar-refractivity contribution in [2.75, 3.05) is 13.2 Å². The summed E-state index contributed by atoms with van der Waals surface area (Å²) < 4.78 is 5.09. The van der Waals surface area contributed by atoms with Crippen LogP contribution in [0.25, 0.3) is 0 Å². The van der Waals surface area contributed by atoms with E-state index in [1.54, 1.807) is 0 Å². The smallest absolute Gasteiger partial charge is 0.407 e. The molecule has 2 rings (SSSR count). The minimum absolute atomic E-state index is 0.295. The van der Waals surface area contributed by atoms with Crippen LogP contribution >= 0.6 is 0 Å². The summed E-state index contributed by atoms with van der Waals surface area (Å²) in [6.07, 6.45) is -1.89. The molecule has 0 radical (unpaired) electrons. The molecule has 0 aromatic carbocycles. The molecule has 0 aromatic heterocycles. The molecule has 0 aliphatic carbocycles. The fraction of sp³-hybridized carbons (Fsp3) is 0.833. The zero-order valence-corrected chi connectivity index (χ0v) is 5.80. The normalized spacial score (nSPS) is 41.5. The van der Waals surface area contributed by atoms with E-state index in [1.807, 2.05) is 0 Å². The number of ether oxygens (including phenoxy) is 1. The first kappa shape index (κ1) is 6.87. The summed E-state index contributed by atoms with van der Waals surface area (Å²) in [6, 6.07) is -0.336. The molecule has 1 amide bonds. The van der Waals surface area contributed by atoms with Gasteiger partial charge in [-0.3, -0.25) is 4.90 Å². The minimum atomic E-state index is -0.972. The lowest BCUT2D eigenvalue weighted by Crippen LogP contribution is -2.41. The van der Waals surface area contributed by atoms with E-state index in [0.29, 0.717) is 13.2 Å². The van der Waals surface area contributed by atoms with Crippen LogP contribution in [0.2, 0.25) is 0 Å². The lowest BCUT2D eigenvalue weighted by molar-refractivity contribution is 0.0251. The van der Waals surface area contributed by atoms with Crippen molar-refractivity contribution in [1.29, 1.82) is 0 Å². The monoisotopic (exact) mass is 159 g/mol. The van der Waals surface area contributed by atoms with E-state index < -0.39 is 12.2 Å². The van der Waals surface area contributed by atoms with Gasteiger partial charge in [0.15, 0.2) is 0 Å². The lowest BCUT2D eigenvalue weighted by Gasteiger charge is -2.22. The molecule has 2 fully saturated rings. The Balaban J connectivity index is 2.14. The second kappa shape index (κ2) is 2.09. The van der Waals surface area contributed by atoms with Gasteiger partial charge in [-0.2, -0.15) is 0 Å². The number of nitrogens with zero attached hydrogens (tertiary/aromatic N) is 1. The van der Waals surface area contributed by atoms with E-state index in [-0.39, 0.29) is 12.1 Å². The lowest BCUT2D eigenvalue weighted by atomic mass is 10.2. The van der Waals surface area contributed by atoms with E-state index in [1.165, 1.54) is 4.90 Å². The average molecular weight is 159 g/mol. The van der Waals surface area contributed by atoms with Crippen LogP contribution < -0.4 is 0 Å². The molecule has 5 nitrogen and oxygen atoms in total. The Morgan fingerprint density at radius 3 is 2.64 bits per heavy atom. The minimum Gasteiger partial charge on any atom is -0.465 e. The number of aliphatic hydroxyl groups is 1. The van der Waals surface area contributed by atoms with Gasteiger partial charge < -0.3 is 14.9 Å². The van der Waals surface area contributed by atoms with Crippen LogP contribution in [0.1, 0.15) is 0 Å². The molecule has 5 heteroatoms. The Labute approximate surface area is 63.2 Å². The maximum atomic E-state index is 10.5. The van der Waals surface area contributed by atoms with Gasteiger partial charge in [0.25, 0.3) is 0 Å². The maximum Gasteiger partial charge on any atom is 0.407 e. The number of amides is 1. The molecule has 0 saturated carbocycles. The van der Waals surface area contributed by atoms with E-state index in [9.17, 15) is 9.90 Å². The third-order valence-corrected chi connectivity index (χ3v) is 2.28. The van der Waals surface area contributed by atoms with Gasteiger partial charge in [0.2, 0.25) is 0 Å². The largest absolute Gasteiger partial charge is 0.465 e. The number of hydrogen-bond donors (Lipinski definition) is 2. The molecular formula is C6H9NO4. The maximum absolute atomic E-state index is 10.5. The molecule has 2 aliphatic rings. The number of aliphatic hydroxyl groups excluding tert-OH is 1. The van der Waals surface area contributed by atoms with Crippen molar-refractivity contribution in [3.8, 4) is 0 Å². The standard InChI is InChI=1S/C6H9NO4/c8-5-3-2-11-4(5)1-7(3)6(9)10/h3-5,8H,1-2H2,(H,9,10)/t3-,4-,5+/m0/s1. The molecule has 3 atom stereocenters. The highest BCUT2D eigenvalue weighted by Crippen LogP contribution is 2.27. The first-order valence-corrected chi connectivity index (χ1v) is 3.49. The third kappa shape index (κ3) is 0.812. The highest BCUT2D eigenvalue weighted by Gasteiger charge is 2.49. The van der Waals surface area contributed by atoms with E-state index in [2.05, 4.69) is 0 Å². The van der Waals surface area contributed by atoms with Gasteiger partial charge in [0.05, 0.1) is 19.2 Å². The summed E-state index contributed by atoms with van der Waals surface area (Å²) in [5.41, 5.74) is 0. The van der Waals surface area contributed by atoms with Crippen molar-refractivity contribution in [3.05, 3.63) is 0 Å². The van der Waals surface area contributed by atoms with Crippen molar-refractivity contribution in [2.24, 2.45) is 0 Å². The summed E-state index contributed by atoms with van der Waals surface area (Å²) in [5.74, 6) is 0. The fourth-order valence-electron chi connectivity index (χ4n) is 1.65. The van der Waals surface area contributed by atoms with Crippen LogP contribution in [0.4, 0.5) is 4.79 Å². The van der Waals surface area contributed by atoms with E-state index in [0.717, 1.165) is 0 Å². The topological polar surface area (TPSA) is 70.0 Å². The van der Waals surface area contributed by atoms with Gasteiger partial charge in [-0.05, 0) is 0 Å². The molecule has 0 spiro atoms. The SMILES string of the molecule is O=C(O)N1C[C@@H]2OC[C@H]1[C@H]2O. The number of carboxylic acid groups (broad SMARTS) is 1. The second-order valence-corrected chi connectivity index (χ2v) is 2.86. The van der Waals surface area contributed by atoms with Crippen LogP contribution in [-0.4, -0.2) is 52.6 Å². The van der Waals surface area contributed by atoms with Crippen LogP contribution in [0.15, 0.2) is 0 Å². The Morgan fingerprint density at radius 2 is 2.36 bits per heavy atom. The summed E-state index contributed by atoms with van der Waals surface area (Å²) in [7, 11) is 0. The van der Waals surface area contributed by atoms with E-state index in [4.69, 9.17) is 9.84 Å². The summed E-state index contributed by atoms with van der Waals surface area (Å²) in [6.45, 7) is 0.638. The molecular weight excluding hydrogens is 150 g/mol. The van der Waals surface area contributed by atoms with Crippen LogP contribution in [-0.2, 0) is 4.74 Å². The number of fused-ring (bicyclic) bond motifs is 2. The zero-order valence-electron chi connectivity index (χ0n) is 5.80. The first-order valence-electron chi connectivity index (χ1n) is 3.49. The molecule has 11 heavy (non-hydrogen) atoms. The average Bonchev–Trinajstić information content (AvgIpc) is 2.46. The van der Waals surface area contributed by atoms with Crippen molar-refractivity contribution in [3.63, 3.8) is 0 Å². The molecule has 2 saturated heterocycles. The van der Waals surface area contributed by atoms with Crippen molar-refractivity contribution >= 4 is 6.09 Å². The second-order valence-electron chi connectivity index (χ2n) is 2.86. The third-order valence-electron chi connectivity index (χ3n) is 2.28. The van der Waals surface area contributed by atoms with Crippen LogP contribution in [0.3, 0.4) is 0 Å². The number of carbonyl (C=O) groups is 1. The molecule has 2 bridgehead atoms. The fourth-order valence-corrected chi connectivity index (χ4v) is 1.65. The predicted molar refractivity (Wildman–Crippen MR) is 34.3 cm³/mol. The first-order chi connectivity index (χ1) is 5.20. The molecule has 2 aliphatic heterocycles. The molecule has 0 aromatic rings. The Morgan fingerprint density at radius 1 is 1.64 bits per heavy atom. The highest BCUT2D eigenvalue weighted by atomic mass is 16.5. The quantitative estimate of drug-likeness (QED) is 0.481. The van der Waals surface area contributed by atoms with Gasteiger partial charge in [0, 0.05) is 0 Å². The number of likely N-dealkylation sites (tertiary alicyclic amines) is 1. The van der Waals surface area contributed by atoms with Crippen LogP contribution in [0, 0.1) is 0 Å². The molecule has 0 unspecified atom stereocenters. The predicted octanol–water partition coefficient (Wildman–Crippen LogP) is -0.892. The van der Waals surface area contributed by atoms with Crippen LogP contribution in [0.5, 0.6) is 0 Å². The van der Waals surface area contributed by atoms with Gasteiger partial charge in [-0.15, -0.1) is 0 Å². The van der Waals surface area contributed by atoms with Gasteiger partial charge in [0.1, 0.15) is 12.2 Å². The molecule has 2 heterocycles. The Hall–Kier alpha value is -0.810. The molecule has 2 N–H and O–H groups in total. The number of hydrogen-bond acceptors (Lipinski definition) is 3. The summed E-state index contributed by atoms with van der Waals surface area (Å²) >= 11 is 0. The van der Waals surface area contributed by atoms with Gasteiger partial charge in [-0.25, -0.2) is 4.79 Å². The van der Waals surface area contributed by atoms with Gasteiger partial charge >= 0.3 is 6.09 Å². The van der Waals surface area contributed by atoms with E-state index >= 15 is 0 Å². The number of rotatable bonds is 0. The number of morpholine rings is 1. The Bertz CT molecular complexity index is 195. The van der Waals surface area contributed by atoms with Gasteiger partial charge in [-0.1, -0.05) is 0 Å². The summed E-state index contributed by atoms with van der Waals surface area (Å²) in [5, 5.41) is 17.9. The Kier molecular flexibility index (Phi) is 1.30. The summed E-state index contributed by atoms with van der Waals surface area (Å²) in [4.78, 5) is 11.7. The zero-order chi connectivity index (χ0) is 8.01. The highest BCUT2D eigenvalue weighted by molar-refractivity contribution is 5.66. The van der Waals surface area contributed by atoms with Crippen molar-refractivity contribution < 1.29 is 19.7 Å². The molecule has 62 valence electrons. The van der Waals surface area contributed by atoms with Crippen molar-refractivity contribution in [1.82, 2.24) is 4.90 Å².